The van der Waals surface area contributed by atoms with Gasteiger partial charge in [0.1, 0.15) is 4.88 Å². The number of aromatic nitrogens is 4. The maximum absolute atomic E-state index is 12.7. The SMILES string of the molecule is Cc1nc(C)c(C(=O)N2CCC(c3cc(=O)n4[nH]ccc4n3)CC2)s1. The molecule has 8 heteroatoms. The van der Waals surface area contributed by atoms with Gasteiger partial charge in [0.25, 0.3) is 11.5 Å². The number of nitrogens with one attached hydrogen (secondary N) is 1. The lowest BCUT2D eigenvalue weighted by molar-refractivity contribution is 0.0716. The summed E-state index contributed by atoms with van der Waals surface area (Å²) >= 11 is 1.46. The molecule has 0 spiro atoms. The number of fused-ring (bicyclic) bond motifs is 1. The van der Waals surface area contributed by atoms with E-state index in [1.807, 2.05) is 18.7 Å². The molecule has 0 bridgehead atoms. The molecule has 0 atom stereocenters. The third-order valence-corrected chi connectivity index (χ3v) is 5.76. The van der Waals surface area contributed by atoms with E-state index in [9.17, 15) is 9.59 Å². The summed E-state index contributed by atoms with van der Waals surface area (Å²) in [5.74, 6) is 0.275. The highest BCUT2D eigenvalue weighted by molar-refractivity contribution is 7.13. The van der Waals surface area contributed by atoms with Gasteiger partial charge in [-0.25, -0.2) is 14.5 Å². The third-order valence-electron chi connectivity index (χ3n) is 4.70. The van der Waals surface area contributed by atoms with E-state index in [2.05, 4.69) is 15.1 Å². The maximum Gasteiger partial charge on any atom is 0.272 e. The number of aromatic amines is 1. The van der Waals surface area contributed by atoms with Crippen LogP contribution in [0.2, 0.25) is 0 Å². The minimum absolute atomic E-state index is 0.0654. The second kappa shape index (κ2) is 6.11. The fourth-order valence-corrected chi connectivity index (χ4v) is 4.29. The van der Waals surface area contributed by atoms with Gasteiger partial charge in [-0.3, -0.25) is 14.7 Å². The Morgan fingerprint density at radius 3 is 2.72 bits per heavy atom. The Bertz CT molecular complexity index is 994. The van der Waals surface area contributed by atoms with Gasteiger partial charge in [-0.1, -0.05) is 0 Å². The van der Waals surface area contributed by atoms with Crippen LogP contribution in [0.15, 0.2) is 23.1 Å². The Morgan fingerprint density at radius 1 is 1.28 bits per heavy atom. The molecule has 4 rings (SSSR count). The van der Waals surface area contributed by atoms with Crippen molar-refractivity contribution in [3.8, 4) is 0 Å². The number of thiazole rings is 1. The first-order chi connectivity index (χ1) is 12.0. The average Bonchev–Trinajstić information content (AvgIpc) is 3.20. The minimum atomic E-state index is -0.0979. The van der Waals surface area contributed by atoms with Crippen LogP contribution in [-0.2, 0) is 0 Å². The number of piperidine rings is 1. The Morgan fingerprint density at radius 2 is 2.04 bits per heavy atom. The highest BCUT2D eigenvalue weighted by Gasteiger charge is 2.27. The summed E-state index contributed by atoms with van der Waals surface area (Å²) < 4.78 is 1.43. The van der Waals surface area contributed by atoms with Crippen molar-refractivity contribution in [2.24, 2.45) is 0 Å². The highest BCUT2D eigenvalue weighted by Crippen LogP contribution is 2.28. The van der Waals surface area contributed by atoms with Gasteiger partial charge < -0.3 is 4.90 Å². The molecule has 4 heterocycles. The van der Waals surface area contributed by atoms with Gasteiger partial charge in [0.05, 0.1) is 16.4 Å². The number of carbonyl (C=O) groups excluding carboxylic acids is 1. The molecule has 3 aromatic heterocycles. The van der Waals surface area contributed by atoms with Gasteiger partial charge in [0, 0.05) is 37.3 Å². The zero-order valence-electron chi connectivity index (χ0n) is 14.2. The summed E-state index contributed by atoms with van der Waals surface area (Å²) in [6, 6.07) is 3.39. The predicted octanol–water partition coefficient (Wildman–Crippen LogP) is 2.12. The first-order valence-electron chi connectivity index (χ1n) is 8.33. The molecule has 0 aromatic carbocycles. The molecule has 1 aliphatic rings. The summed E-state index contributed by atoms with van der Waals surface area (Å²) in [4.78, 5) is 36.4. The van der Waals surface area contributed by atoms with E-state index in [4.69, 9.17) is 0 Å². The van der Waals surface area contributed by atoms with Crippen molar-refractivity contribution in [1.82, 2.24) is 24.5 Å². The van der Waals surface area contributed by atoms with Gasteiger partial charge in [-0.2, -0.15) is 0 Å². The van der Waals surface area contributed by atoms with Gasteiger partial charge in [0.2, 0.25) is 0 Å². The molecule has 1 saturated heterocycles. The monoisotopic (exact) mass is 357 g/mol. The fraction of sp³-hybridized carbons (Fsp3) is 0.412. The van der Waals surface area contributed by atoms with Crippen molar-refractivity contribution in [2.75, 3.05) is 13.1 Å². The smallest absolute Gasteiger partial charge is 0.272 e. The van der Waals surface area contributed by atoms with Crippen LogP contribution in [0.3, 0.4) is 0 Å². The minimum Gasteiger partial charge on any atom is -0.338 e. The Kier molecular flexibility index (Phi) is 3.91. The van der Waals surface area contributed by atoms with Crippen molar-refractivity contribution in [1.29, 1.82) is 0 Å². The first kappa shape index (κ1) is 16.0. The average molecular weight is 357 g/mol. The van der Waals surface area contributed by atoms with E-state index in [0.29, 0.717) is 18.7 Å². The van der Waals surface area contributed by atoms with Gasteiger partial charge in [-0.15, -0.1) is 11.3 Å². The van der Waals surface area contributed by atoms with Crippen molar-refractivity contribution in [3.63, 3.8) is 0 Å². The lowest BCUT2D eigenvalue weighted by atomic mass is 9.93. The zero-order valence-corrected chi connectivity index (χ0v) is 15.0. The number of aryl methyl sites for hydroxylation is 2. The summed E-state index contributed by atoms with van der Waals surface area (Å²) in [5.41, 5.74) is 2.17. The van der Waals surface area contributed by atoms with Crippen molar-refractivity contribution < 1.29 is 4.79 Å². The molecule has 1 N–H and O–H groups in total. The molecule has 7 nitrogen and oxygen atoms in total. The van der Waals surface area contributed by atoms with Crippen LogP contribution in [-0.4, -0.2) is 43.5 Å². The normalized spacial score (nSPS) is 15.8. The number of likely N-dealkylation sites (tertiary alicyclic amines) is 1. The van der Waals surface area contributed by atoms with Crippen LogP contribution in [0.5, 0.6) is 0 Å². The highest BCUT2D eigenvalue weighted by atomic mass is 32.1. The number of carbonyl (C=O) groups is 1. The lowest BCUT2D eigenvalue weighted by Crippen LogP contribution is -2.38. The molecule has 0 unspecified atom stereocenters. The molecule has 0 aliphatic carbocycles. The number of amides is 1. The molecular weight excluding hydrogens is 338 g/mol. The largest absolute Gasteiger partial charge is 0.338 e. The molecule has 25 heavy (non-hydrogen) atoms. The number of rotatable bonds is 2. The predicted molar refractivity (Wildman–Crippen MR) is 95.3 cm³/mol. The Balaban J connectivity index is 1.50. The molecule has 3 aromatic rings. The van der Waals surface area contributed by atoms with Crippen LogP contribution >= 0.6 is 11.3 Å². The number of nitrogens with zero attached hydrogens (tertiary/aromatic N) is 4. The quantitative estimate of drug-likeness (QED) is 0.761. The topological polar surface area (TPSA) is 83.4 Å². The molecular formula is C17H19N5O2S. The van der Waals surface area contributed by atoms with E-state index in [1.165, 1.54) is 15.9 Å². The third kappa shape index (κ3) is 2.86. The van der Waals surface area contributed by atoms with Crippen LogP contribution in [0, 0.1) is 13.8 Å². The zero-order chi connectivity index (χ0) is 17.6. The molecule has 130 valence electrons. The van der Waals surface area contributed by atoms with Crippen molar-refractivity contribution in [2.45, 2.75) is 32.6 Å². The van der Waals surface area contributed by atoms with Crippen LogP contribution in [0.1, 0.15) is 44.8 Å². The second-order valence-corrected chi connectivity index (χ2v) is 7.59. The van der Waals surface area contributed by atoms with Gasteiger partial charge in [-0.05, 0) is 26.7 Å². The second-order valence-electron chi connectivity index (χ2n) is 6.39. The van der Waals surface area contributed by atoms with E-state index >= 15 is 0 Å². The number of hydrogen-bond acceptors (Lipinski definition) is 5. The molecule has 0 radical (unpaired) electrons. The summed E-state index contributed by atoms with van der Waals surface area (Å²) in [6.45, 7) is 5.15. The fourth-order valence-electron chi connectivity index (χ4n) is 3.41. The van der Waals surface area contributed by atoms with E-state index in [0.717, 1.165) is 34.1 Å². The van der Waals surface area contributed by atoms with Crippen LogP contribution < -0.4 is 5.56 Å². The summed E-state index contributed by atoms with van der Waals surface area (Å²) in [7, 11) is 0. The van der Waals surface area contributed by atoms with Crippen molar-refractivity contribution in [3.05, 3.63) is 50.0 Å². The Labute approximate surface area is 148 Å². The van der Waals surface area contributed by atoms with Crippen LogP contribution in [0.4, 0.5) is 0 Å². The first-order valence-corrected chi connectivity index (χ1v) is 9.15. The molecule has 1 amide bonds. The number of H-pyrrole nitrogens is 1. The van der Waals surface area contributed by atoms with E-state index in [-0.39, 0.29) is 17.4 Å². The molecule has 1 aliphatic heterocycles. The van der Waals surface area contributed by atoms with Gasteiger partial charge in [0.15, 0.2) is 5.65 Å². The molecule has 0 saturated carbocycles. The summed E-state index contributed by atoms with van der Waals surface area (Å²) in [6.07, 6.45) is 3.33. The van der Waals surface area contributed by atoms with Crippen LogP contribution in [0.25, 0.3) is 5.65 Å². The lowest BCUT2D eigenvalue weighted by Gasteiger charge is -2.31. The number of hydrogen-bond donors (Lipinski definition) is 1. The van der Waals surface area contributed by atoms with E-state index in [1.54, 1.807) is 18.3 Å². The molecule has 1 fully saturated rings. The van der Waals surface area contributed by atoms with E-state index < -0.39 is 0 Å². The maximum atomic E-state index is 12.7. The van der Waals surface area contributed by atoms with Crippen molar-refractivity contribution >= 4 is 22.9 Å². The summed E-state index contributed by atoms with van der Waals surface area (Å²) in [5, 5.41) is 3.77. The Hall–Kier alpha value is -2.48. The van der Waals surface area contributed by atoms with Gasteiger partial charge >= 0.3 is 0 Å². The standard InChI is InChI=1S/C17H19N5O2S/c1-10-16(25-11(2)19-10)17(24)21-7-4-12(5-8-21)13-9-15(23)22-14(20-13)3-6-18-22/h3,6,9,12,18H,4-5,7-8H2,1-2H3.